The molecule has 0 amide bonds. The van der Waals surface area contributed by atoms with Crippen LogP contribution in [0.25, 0.3) is 10.6 Å². The van der Waals surface area contributed by atoms with Gasteiger partial charge in [-0.1, -0.05) is 28.9 Å². The van der Waals surface area contributed by atoms with Crippen LogP contribution in [0.5, 0.6) is 5.75 Å². The molecular formula is C18H17NO4S. The fourth-order valence-corrected chi connectivity index (χ4v) is 2.70. The van der Waals surface area contributed by atoms with E-state index in [0.29, 0.717) is 11.5 Å². The molecule has 0 spiro atoms. The minimum absolute atomic E-state index is 0.0955. The highest BCUT2D eigenvalue weighted by Crippen LogP contribution is 2.25. The zero-order valence-corrected chi connectivity index (χ0v) is 14.0. The van der Waals surface area contributed by atoms with Crippen LogP contribution in [0, 0.1) is 6.92 Å². The monoisotopic (exact) mass is 343 g/mol. The molecule has 0 saturated carbocycles. The molecule has 1 aromatic carbocycles. The number of rotatable bonds is 7. The lowest BCUT2D eigenvalue weighted by atomic mass is 10.2. The molecule has 24 heavy (non-hydrogen) atoms. The summed E-state index contributed by atoms with van der Waals surface area (Å²) in [5, 5.41) is 5.87. The molecule has 124 valence electrons. The number of nitrogens with zero attached hydrogens (tertiary/aromatic N) is 1. The molecule has 0 radical (unpaired) electrons. The van der Waals surface area contributed by atoms with Gasteiger partial charge in [-0.25, -0.2) is 0 Å². The van der Waals surface area contributed by atoms with Gasteiger partial charge in [0.2, 0.25) is 0 Å². The SMILES string of the molecule is Cc1ccc(OCCC(=O)OCc2cc(-c3cccs3)on2)cc1. The van der Waals surface area contributed by atoms with Crippen LogP contribution in [0.15, 0.2) is 52.4 Å². The minimum Gasteiger partial charge on any atom is -0.493 e. The van der Waals surface area contributed by atoms with Crippen molar-refractivity contribution in [3.05, 3.63) is 59.1 Å². The predicted molar refractivity (Wildman–Crippen MR) is 90.9 cm³/mol. The van der Waals surface area contributed by atoms with Crippen molar-refractivity contribution in [2.24, 2.45) is 0 Å². The van der Waals surface area contributed by atoms with Gasteiger partial charge in [-0.15, -0.1) is 11.3 Å². The lowest BCUT2D eigenvalue weighted by Gasteiger charge is -2.06. The summed E-state index contributed by atoms with van der Waals surface area (Å²) in [6.07, 6.45) is 0.184. The third kappa shape index (κ3) is 4.45. The lowest BCUT2D eigenvalue weighted by molar-refractivity contribution is -0.145. The smallest absolute Gasteiger partial charge is 0.309 e. The summed E-state index contributed by atoms with van der Waals surface area (Å²) in [6, 6.07) is 13.3. The molecule has 0 aliphatic carbocycles. The van der Waals surface area contributed by atoms with Crippen LogP contribution in [0.3, 0.4) is 0 Å². The van der Waals surface area contributed by atoms with E-state index in [0.717, 1.165) is 16.2 Å². The molecule has 0 saturated heterocycles. The van der Waals surface area contributed by atoms with Gasteiger partial charge in [0.1, 0.15) is 18.1 Å². The second-order valence-corrected chi connectivity index (χ2v) is 6.18. The van der Waals surface area contributed by atoms with Crippen LogP contribution >= 0.6 is 11.3 Å². The molecule has 3 aromatic rings. The Labute approximate surface area is 143 Å². The normalized spacial score (nSPS) is 10.5. The maximum Gasteiger partial charge on any atom is 0.309 e. The van der Waals surface area contributed by atoms with E-state index in [1.54, 1.807) is 17.4 Å². The first-order valence-electron chi connectivity index (χ1n) is 7.55. The number of hydrogen-bond acceptors (Lipinski definition) is 6. The van der Waals surface area contributed by atoms with Crippen molar-refractivity contribution in [3.63, 3.8) is 0 Å². The number of aryl methyl sites for hydroxylation is 1. The van der Waals surface area contributed by atoms with Crippen molar-refractivity contribution in [3.8, 4) is 16.4 Å². The summed E-state index contributed by atoms with van der Waals surface area (Å²) in [5.41, 5.74) is 1.75. The van der Waals surface area contributed by atoms with Crippen molar-refractivity contribution >= 4 is 17.3 Å². The largest absolute Gasteiger partial charge is 0.493 e. The van der Waals surface area contributed by atoms with Crippen LogP contribution in [0.4, 0.5) is 0 Å². The Morgan fingerprint density at radius 1 is 1.25 bits per heavy atom. The quantitative estimate of drug-likeness (QED) is 0.601. The summed E-state index contributed by atoms with van der Waals surface area (Å²) < 4.78 is 15.9. The fraction of sp³-hybridized carbons (Fsp3) is 0.222. The Hall–Kier alpha value is -2.60. The summed E-state index contributed by atoms with van der Waals surface area (Å²) in [6.45, 7) is 2.38. The van der Waals surface area contributed by atoms with Crippen molar-refractivity contribution in [1.82, 2.24) is 5.16 Å². The highest BCUT2D eigenvalue weighted by Gasteiger charge is 2.10. The van der Waals surface area contributed by atoms with Crippen LogP contribution in [-0.4, -0.2) is 17.7 Å². The van der Waals surface area contributed by atoms with Gasteiger partial charge in [-0.3, -0.25) is 4.79 Å². The first kappa shape index (κ1) is 16.3. The molecule has 0 aliphatic heterocycles. The average Bonchev–Trinajstić information content (AvgIpc) is 3.26. The number of ether oxygens (including phenoxy) is 2. The van der Waals surface area contributed by atoms with Crippen LogP contribution in [0.2, 0.25) is 0 Å². The topological polar surface area (TPSA) is 61.6 Å². The Bertz CT molecular complexity index is 778. The predicted octanol–water partition coefficient (Wildman–Crippen LogP) is 4.22. The van der Waals surface area contributed by atoms with E-state index >= 15 is 0 Å². The van der Waals surface area contributed by atoms with Gasteiger partial charge >= 0.3 is 5.97 Å². The van der Waals surface area contributed by atoms with Gasteiger partial charge in [0.15, 0.2) is 5.76 Å². The third-order valence-electron chi connectivity index (χ3n) is 3.30. The Morgan fingerprint density at radius 2 is 2.08 bits per heavy atom. The number of hydrogen-bond donors (Lipinski definition) is 0. The van der Waals surface area contributed by atoms with E-state index in [-0.39, 0.29) is 25.6 Å². The summed E-state index contributed by atoms with van der Waals surface area (Å²) in [7, 11) is 0. The van der Waals surface area contributed by atoms with Gasteiger partial charge < -0.3 is 14.0 Å². The number of benzene rings is 1. The molecule has 6 heteroatoms. The first-order valence-corrected chi connectivity index (χ1v) is 8.43. The Balaban J connectivity index is 1.40. The van der Waals surface area contributed by atoms with Crippen molar-refractivity contribution in [1.29, 1.82) is 0 Å². The highest BCUT2D eigenvalue weighted by atomic mass is 32.1. The second kappa shape index (κ2) is 7.79. The zero-order chi connectivity index (χ0) is 16.8. The molecule has 3 rings (SSSR count). The molecule has 2 heterocycles. The van der Waals surface area contributed by atoms with Crippen molar-refractivity contribution < 1.29 is 18.8 Å². The summed E-state index contributed by atoms with van der Waals surface area (Å²) in [4.78, 5) is 12.7. The maximum absolute atomic E-state index is 11.7. The van der Waals surface area contributed by atoms with E-state index in [4.69, 9.17) is 14.0 Å². The van der Waals surface area contributed by atoms with E-state index < -0.39 is 0 Å². The Morgan fingerprint density at radius 3 is 2.83 bits per heavy atom. The molecule has 0 aliphatic rings. The number of carbonyl (C=O) groups excluding carboxylic acids is 1. The highest BCUT2D eigenvalue weighted by molar-refractivity contribution is 7.13. The molecule has 0 fully saturated rings. The van der Waals surface area contributed by atoms with Crippen molar-refractivity contribution in [2.45, 2.75) is 20.0 Å². The van der Waals surface area contributed by atoms with E-state index in [9.17, 15) is 4.79 Å². The zero-order valence-electron chi connectivity index (χ0n) is 13.2. The van der Waals surface area contributed by atoms with Gasteiger partial charge in [0, 0.05) is 6.07 Å². The molecule has 0 atom stereocenters. The van der Waals surface area contributed by atoms with Gasteiger partial charge in [-0.05, 0) is 30.5 Å². The van der Waals surface area contributed by atoms with Crippen LogP contribution in [-0.2, 0) is 16.1 Å². The van der Waals surface area contributed by atoms with E-state index in [2.05, 4.69) is 5.16 Å². The van der Waals surface area contributed by atoms with Gasteiger partial charge in [-0.2, -0.15) is 0 Å². The van der Waals surface area contributed by atoms with Crippen LogP contribution < -0.4 is 4.74 Å². The average molecular weight is 343 g/mol. The summed E-state index contributed by atoms with van der Waals surface area (Å²) >= 11 is 1.57. The fourth-order valence-electron chi connectivity index (χ4n) is 2.03. The molecule has 0 unspecified atom stereocenters. The molecule has 0 bridgehead atoms. The minimum atomic E-state index is -0.331. The maximum atomic E-state index is 11.7. The molecule has 2 aromatic heterocycles. The number of esters is 1. The van der Waals surface area contributed by atoms with E-state index in [1.807, 2.05) is 48.7 Å². The van der Waals surface area contributed by atoms with E-state index in [1.165, 1.54) is 0 Å². The van der Waals surface area contributed by atoms with Gasteiger partial charge in [0.25, 0.3) is 0 Å². The number of thiophene rings is 1. The number of carbonyl (C=O) groups is 1. The number of aromatic nitrogens is 1. The Kier molecular flexibility index (Phi) is 5.28. The van der Waals surface area contributed by atoms with Crippen molar-refractivity contribution in [2.75, 3.05) is 6.61 Å². The molecule has 0 N–H and O–H groups in total. The lowest BCUT2D eigenvalue weighted by Crippen LogP contribution is -2.10. The standard InChI is InChI=1S/C18H17NO4S/c1-13-4-6-15(7-5-13)21-9-8-18(20)22-12-14-11-16(23-19-14)17-3-2-10-24-17/h2-7,10-11H,8-9,12H2,1H3. The third-order valence-corrected chi connectivity index (χ3v) is 4.18. The van der Waals surface area contributed by atoms with Gasteiger partial charge in [0.05, 0.1) is 17.9 Å². The molecular weight excluding hydrogens is 326 g/mol. The van der Waals surface area contributed by atoms with Crippen LogP contribution in [0.1, 0.15) is 17.7 Å². The second-order valence-electron chi connectivity index (χ2n) is 5.23. The summed E-state index contributed by atoms with van der Waals surface area (Å²) in [5.74, 6) is 1.09. The molecule has 5 nitrogen and oxygen atoms in total. The first-order chi connectivity index (χ1) is 11.7.